The zero-order valence-electron chi connectivity index (χ0n) is 13.1. The van der Waals surface area contributed by atoms with Crippen molar-refractivity contribution in [3.63, 3.8) is 0 Å². The van der Waals surface area contributed by atoms with Crippen LogP contribution < -0.4 is 0 Å². The normalized spacial score (nSPS) is 31.9. The summed E-state index contributed by atoms with van der Waals surface area (Å²) in [6.07, 6.45) is 0.0291. The van der Waals surface area contributed by atoms with E-state index in [0.29, 0.717) is 6.42 Å². The predicted octanol–water partition coefficient (Wildman–Crippen LogP) is 1.78. The van der Waals surface area contributed by atoms with Gasteiger partial charge in [0.05, 0.1) is 30.5 Å². The summed E-state index contributed by atoms with van der Waals surface area (Å²) in [6, 6.07) is 0. The smallest absolute Gasteiger partial charge is 0.435 e. The number of carbonyl (C=O) groups is 1. The molecule has 0 aromatic rings. The van der Waals surface area contributed by atoms with Crippen molar-refractivity contribution in [1.29, 1.82) is 0 Å². The van der Waals surface area contributed by atoms with Gasteiger partial charge >= 0.3 is 6.16 Å². The third-order valence-corrected chi connectivity index (χ3v) is 2.94. The monoisotopic (exact) mass is 302 g/mol. The van der Waals surface area contributed by atoms with Crippen LogP contribution in [0.15, 0.2) is 12.2 Å². The highest BCUT2D eigenvalue weighted by atomic mass is 16.7. The summed E-state index contributed by atoms with van der Waals surface area (Å²) < 4.78 is 15.6. The van der Waals surface area contributed by atoms with Crippen molar-refractivity contribution in [3.8, 4) is 0 Å². The van der Waals surface area contributed by atoms with Crippen molar-refractivity contribution in [2.45, 2.75) is 70.6 Å². The van der Waals surface area contributed by atoms with Crippen LogP contribution in [-0.2, 0) is 14.2 Å². The zero-order valence-corrected chi connectivity index (χ0v) is 13.1. The Morgan fingerprint density at radius 1 is 1.24 bits per heavy atom. The van der Waals surface area contributed by atoms with Crippen LogP contribution in [0, 0.1) is 0 Å². The van der Waals surface area contributed by atoms with Crippen LogP contribution in [0.5, 0.6) is 0 Å². The minimum Gasteiger partial charge on any atom is -0.435 e. The van der Waals surface area contributed by atoms with Gasteiger partial charge in [0.25, 0.3) is 0 Å². The third-order valence-electron chi connectivity index (χ3n) is 2.94. The van der Waals surface area contributed by atoms with Gasteiger partial charge in [0.15, 0.2) is 0 Å². The van der Waals surface area contributed by atoms with Crippen molar-refractivity contribution in [2.24, 2.45) is 0 Å². The maximum atomic E-state index is 11.4. The molecule has 1 rings (SSSR count). The van der Waals surface area contributed by atoms with Gasteiger partial charge in [0.2, 0.25) is 0 Å². The molecule has 6 heteroatoms. The first-order valence-electron chi connectivity index (χ1n) is 7.27. The molecule has 1 aliphatic carbocycles. The molecular weight excluding hydrogens is 276 g/mol. The van der Waals surface area contributed by atoms with Crippen molar-refractivity contribution in [1.82, 2.24) is 0 Å². The van der Waals surface area contributed by atoms with Gasteiger partial charge in [-0.3, -0.25) is 0 Å². The van der Waals surface area contributed by atoms with E-state index < -0.39 is 36.2 Å². The summed E-state index contributed by atoms with van der Waals surface area (Å²) in [5.41, 5.74) is -0.439. The lowest BCUT2D eigenvalue weighted by molar-refractivity contribution is -0.130. The number of carbonyl (C=O) groups excluding carboxylic acids is 1. The molecule has 0 fully saturated rings. The number of aliphatic hydroxyl groups is 2. The predicted molar refractivity (Wildman–Crippen MR) is 76.9 cm³/mol. The van der Waals surface area contributed by atoms with Gasteiger partial charge < -0.3 is 24.4 Å². The topological polar surface area (TPSA) is 85.2 Å². The lowest BCUT2D eigenvalue weighted by Crippen LogP contribution is -2.41. The molecular formula is C15H26O6. The number of aliphatic hydroxyl groups excluding tert-OH is 2. The number of hydrogen-bond donors (Lipinski definition) is 2. The molecule has 4 unspecified atom stereocenters. The number of ether oxygens (including phenoxy) is 3. The van der Waals surface area contributed by atoms with Gasteiger partial charge in [-0.15, -0.1) is 0 Å². The molecule has 0 aromatic carbocycles. The van der Waals surface area contributed by atoms with Crippen molar-refractivity contribution in [2.75, 3.05) is 6.61 Å². The molecule has 0 spiro atoms. The van der Waals surface area contributed by atoms with Crippen LogP contribution in [0.3, 0.4) is 0 Å². The zero-order chi connectivity index (χ0) is 16.0. The Bertz CT molecular complexity index is 360. The first-order chi connectivity index (χ1) is 9.71. The van der Waals surface area contributed by atoms with E-state index in [4.69, 9.17) is 14.2 Å². The van der Waals surface area contributed by atoms with Crippen LogP contribution in [0.1, 0.15) is 40.5 Å². The van der Waals surface area contributed by atoms with E-state index in [1.165, 1.54) is 0 Å². The molecule has 2 N–H and O–H groups in total. The van der Waals surface area contributed by atoms with Crippen molar-refractivity contribution < 1.29 is 29.2 Å². The number of hydrogen-bond acceptors (Lipinski definition) is 6. The fourth-order valence-electron chi connectivity index (χ4n) is 2.14. The van der Waals surface area contributed by atoms with E-state index in [1.807, 2.05) is 20.8 Å². The molecule has 0 heterocycles. The van der Waals surface area contributed by atoms with Gasteiger partial charge in [-0.05, 0) is 33.8 Å². The SMILES string of the molecule is CCOC(=O)OC1/C=C/C(O)CC(OC(C)(C)C)C(O)C1. The van der Waals surface area contributed by atoms with Crippen LogP contribution in [-0.4, -0.2) is 53.0 Å². The minimum atomic E-state index is -0.844. The van der Waals surface area contributed by atoms with E-state index >= 15 is 0 Å². The maximum Gasteiger partial charge on any atom is 0.508 e. The molecule has 6 nitrogen and oxygen atoms in total. The number of rotatable bonds is 3. The summed E-state index contributed by atoms with van der Waals surface area (Å²) in [5.74, 6) is 0. The van der Waals surface area contributed by atoms with Gasteiger partial charge in [-0.2, -0.15) is 0 Å². The summed E-state index contributed by atoms with van der Waals surface area (Å²) in [4.78, 5) is 11.4. The molecule has 0 radical (unpaired) electrons. The van der Waals surface area contributed by atoms with Crippen molar-refractivity contribution in [3.05, 3.63) is 12.2 Å². The van der Waals surface area contributed by atoms with Gasteiger partial charge in [0.1, 0.15) is 6.10 Å². The minimum absolute atomic E-state index is 0.197. The largest absolute Gasteiger partial charge is 0.508 e. The molecule has 122 valence electrons. The highest BCUT2D eigenvalue weighted by molar-refractivity contribution is 5.60. The first kappa shape index (κ1) is 17.9. The highest BCUT2D eigenvalue weighted by Crippen LogP contribution is 2.23. The molecule has 4 atom stereocenters. The molecule has 0 aliphatic heterocycles. The fraction of sp³-hybridized carbons (Fsp3) is 0.800. The van der Waals surface area contributed by atoms with Crippen molar-refractivity contribution >= 4 is 6.16 Å². The summed E-state index contributed by atoms with van der Waals surface area (Å²) in [5, 5.41) is 20.2. The average molecular weight is 302 g/mol. The Hall–Kier alpha value is -1.11. The van der Waals surface area contributed by atoms with Gasteiger partial charge in [0, 0.05) is 12.8 Å². The second-order valence-corrected chi connectivity index (χ2v) is 6.10. The Morgan fingerprint density at radius 3 is 2.48 bits per heavy atom. The molecule has 0 amide bonds. The quantitative estimate of drug-likeness (QED) is 0.610. The van der Waals surface area contributed by atoms with Gasteiger partial charge in [-0.1, -0.05) is 6.08 Å². The van der Waals surface area contributed by atoms with Crippen LogP contribution in [0.2, 0.25) is 0 Å². The first-order valence-corrected chi connectivity index (χ1v) is 7.27. The Labute approximate surface area is 125 Å². The lowest BCUT2D eigenvalue weighted by Gasteiger charge is -2.33. The summed E-state index contributed by atoms with van der Waals surface area (Å²) in [7, 11) is 0. The van der Waals surface area contributed by atoms with E-state index in [2.05, 4.69) is 0 Å². The second kappa shape index (κ2) is 7.77. The van der Waals surface area contributed by atoms with Crippen LogP contribution >= 0.6 is 0 Å². The molecule has 21 heavy (non-hydrogen) atoms. The van der Waals surface area contributed by atoms with E-state index in [-0.39, 0.29) is 13.0 Å². The lowest BCUT2D eigenvalue weighted by atomic mass is 9.96. The summed E-state index contributed by atoms with van der Waals surface area (Å²) >= 11 is 0. The van der Waals surface area contributed by atoms with E-state index in [9.17, 15) is 15.0 Å². The standard InChI is InChI=1S/C15H26O6/c1-5-19-14(18)20-11-7-6-10(16)8-13(12(17)9-11)21-15(2,3)4/h6-7,10-13,16-17H,5,8-9H2,1-4H3/b7-6+. The fourth-order valence-corrected chi connectivity index (χ4v) is 2.14. The van der Waals surface area contributed by atoms with Crippen LogP contribution in [0.4, 0.5) is 4.79 Å². The van der Waals surface area contributed by atoms with E-state index in [1.54, 1.807) is 19.1 Å². The summed E-state index contributed by atoms with van der Waals surface area (Å²) in [6.45, 7) is 7.55. The van der Waals surface area contributed by atoms with Gasteiger partial charge in [-0.25, -0.2) is 4.79 Å². The highest BCUT2D eigenvalue weighted by Gasteiger charge is 2.31. The molecule has 1 aliphatic rings. The maximum absolute atomic E-state index is 11.4. The van der Waals surface area contributed by atoms with Crippen LogP contribution in [0.25, 0.3) is 0 Å². The Morgan fingerprint density at radius 2 is 1.90 bits per heavy atom. The Kier molecular flexibility index (Phi) is 6.64. The average Bonchev–Trinajstić information content (AvgIpc) is 2.32. The second-order valence-electron chi connectivity index (χ2n) is 6.10. The van der Waals surface area contributed by atoms with E-state index in [0.717, 1.165) is 0 Å². The molecule has 0 saturated heterocycles. The molecule has 0 aromatic heterocycles. The molecule has 0 saturated carbocycles. The molecule has 0 bridgehead atoms. The Balaban J connectivity index is 2.73. The third kappa shape index (κ3) is 6.93.